The Balaban J connectivity index is 1.33. The fourth-order valence-corrected chi connectivity index (χ4v) is 3.58. The Bertz CT molecular complexity index is 892. The molecule has 1 saturated heterocycles. The number of likely N-dealkylation sites (tertiary alicyclic amines) is 1. The van der Waals surface area contributed by atoms with Crippen molar-refractivity contribution in [3.8, 4) is 11.5 Å². The molecule has 0 aromatic heterocycles. The fourth-order valence-electron chi connectivity index (χ4n) is 3.58. The summed E-state index contributed by atoms with van der Waals surface area (Å²) in [6.45, 7) is 1.74. The molecule has 4 rings (SSSR count). The van der Waals surface area contributed by atoms with Crippen molar-refractivity contribution in [2.45, 2.75) is 25.2 Å². The average Bonchev–Trinajstić information content (AvgIpc) is 2.64. The minimum atomic E-state index is -4.35. The van der Waals surface area contributed by atoms with Crippen LogP contribution in [0.2, 0.25) is 0 Å². The van der Waals surface area contributed by atoms with Gasteiger partial charge in [0.05, 0.1) is 11.5 Å². The van der Waals surface area contributed by atoms with Crippen molar-refractivity contribution in [2.75, 3.05) is 19.7 Å². The van der Waals surface area contributed by atoms with Crippen LogP contribution >= 0.6 is 0 Å². The molecule has 154 valence electrons. The molecule has 0 bridgehead atoms. The molecular weight excluding hydrogens is 387 g/mol. The lowest BCUT2D eigenvalue weighted by atomic mass is 9.93. The molecule has 5 nitrogen and oxygen atoms in total. The summed E-state index contributed by atoms with van der Waals surface area (Å²) in [7, 11) is 0. The van der Waals surface area contributed by atoms with E-state index >= 15 is 0 Å². The van der Waals surface area contributed by atoms with Crippen LogP contribution in [0.4, 0.5) is 13.2 Å². The second-order valence-electron chi connectivity index (χ2n) is 7.41. The molecule has 1 N–H and O–H groups in total. The number of hydrogen-bond acceptors (Lipinski definition) is 4. The van der Waals surface area contributed by atoms with Crippen molar-refractivity contribution in [2.24, 2.45) is 5.92 Å². The van der Waals surface area contributed by atoms with Gasteiger partial charge in [-0.1, -0.05) is 18.2 Å². The number of rotatable bonds is 5. The summed E-state index contributed by atoms with van der Waals surface area (Å²) < 4.78 is 49.4. The number of halogens is 3. The van der Waals surface area contributed by atoms with E-state index < -0.39 is 17.7 Å². The number of carbonyl (C=O) groups is 1. The van der Waals surface area contributed by atoms with E-state index in [4.69, 9.17) is 14.6 Å². The number of aliphatic carboxylic acids is 1. The Labute approximate surface area is 165 Å². The minimum absolute atomic E-state index is 0.157. The Morgan fingerprint density at radius 3 is 2.55 bits per heavy atom. The van der Waals surface area contributed by atoms with Crippen LogP contribution in [0.1, 0.15) is 16.7 Å². The molecule has 0 spiro atoms. The molecule has 0 aliphatic carbocycles. The van der Waals surface area contributed by atoms with Crippen molar-refractivity contribution in [3.63, 3.8) is 0 Å². The van der Waals surface area contributed by atoms with E-state index in [2.05, 4.69) is 4.90 Å². The zero-order chi connectivity index (χ0) is 20.6. The quantitative estimate of drug-likeness (QED) is 0.821. The number of carboxylic acids is 1. The van der Waals surface area contributed by atoms with Gasteiger partial charge in [0.1, 0.15) is 24.7 Å². The molecule has 1 unspecified atom stereocenters. The second kappa shape index (κ2) is 7.59. The first kappa shape index (κ1) is 19.6. The molecule has 2 aliphatic heterocycles. The van der Waals surface area contributed by atoms with Gasteiger partial charge < -0.3 is 14.6 Å². The van der Waals surface area contributed by atoms with Crippen molar-refractivity contribution in [1.29, 1.82) is 0 Å². The van der Waals surface area contributed by atoms with Gasteiger partial charge in [0.25, 0.3) is 0 Å². The number of nitrogens with zero attached hydrogens (tertiary/aromatic N) is 1. The first-order valence-electron chi connectivity index (χ1n) is 9.31. The van der Waals surface area contributed by atoms with Gasteiger partial charge in [0, 0.05) is 25.2 Å². The fraction of sp³-hybridized carbons (Fsp3) is 0.381. The van der Waals surface area contributed by atoms with Crippen LogP contribution in [0.15, 0.2) is 42.5 Å². The van der Waals surface area contributed by atoms with Crippen molar-refractivity contribution in [3.05, 3.63) is 59.2 Å². The van der Waals surface area contributed by atoms with E-state index in [1.54, 1.807) is 6.07 Å². The summed E-state index contributed by atoms with van der Waals surface area (Å²) in [5.41, 5.74) is 0.985. The molecule has 29 heavy (non-hydrogen) atoms. The van der Waals surface area contributed by atoms with Gasteiger partial charge in [0.15, 0.2) is 0 Å². The largest absolute Gasteiger partial charge is 0.492 e. The summed E-state index contributed by atoms with van der Waals surface area (Å²) >= 11 is 0. The third-order valence-corrected chi connectivity index (χ3v) is 5.39. The molecule has 1 fully saturated rings. The maximum Gasteiger partial charge on any atom is 0.416 e. The molecule has 8 heteroatoms. The number of fused-ring (bicyclic) bond motifs is 1. The predicted molar refractivity (Wildman–Crippen MR) is 97.9 cm³/mol. The molecule has 1 atom stereocenters. The monoisotopic (exact) mass is 407 g/mol. The van der Waals surface area contributed by atoms with Crippen LogP contribution < -0.4 is 9.47 Å². The minimum Gasteiger partial charge on any atom is -0.492 e. The Morgan fingerprint density at radius 1 is 1.17 bits per heavy atom. The van der Waals surface area contributed by atoms with Crippen molar-refractivity contribution >= 4 is 5.97 Å². The predicted octanol–water partition coefficient (Wildman–Crippen LogP) is 3.60. The van der Waals surface area contributed by atoms with Crippen LogP contribution in [0, 0.1) is 5.92 Å². The average molecular weight is 407 g/mol. The highest BCUT2D eigenvalue weighted by Gasteiger charge is 2.38. The highest BCUT2D eigenvalue weighted by Crippen LogP contribution is 2.33. The Kier molecular flexibility index (Phi) is 5.12. The van der Waals surface area contributed by atoms with E-state index in [9.17, 15) is 18.0 Å². The summed E-state index contributed by atoms with van der Waals surface area (Å²) in [5, 5.41) is 9.00. The summed E-state index contributed by atoms with van der Waals surface area (Å²) in [4.78, 5) is 13.1. The van der Waals surface area contributed by atoms with Gasteiger partial charge in [-0.2, -0.15) is 13.2 Å². The van der Waals surface area contributed by atoms with Gasteiger partial charge in [-0.15, -0.1) is 0 Å². The zero-order valence-electron chi connectivity index (χ0n) is 15.5. The number of benzene rings is 2. The van der Waals surface area contributed by atoms with E-state index in [-0.39, 0.29) is 18.6 Å². The molecule has 2 aliphatic rings. The lowest BCUT2D eigenvalue weighted by Gasteiger charge is -2.43. The highest BCUT2D eigenvalue weighted by atomic mass is 19.4. The number of carboxylic acid groups (broad SMARTS) is 1. The van der Waals surface area contributed by atoms with Gasteiger partial charge in [-0.05, 0) is 35.7 Å². The summed E-state index contributed by atoms with van der Waals surface area (Å²) in [6, 6.07) is 10.6. The van der Waals surface area contributed by atoms with Gasteiger partial charge in [0.2, 0.25) is 0 Å². The molecule has 0 amide bonds. The number of ether oxygens (including phenoxy) is 2. The zero-order valence-corrected chi connectivity index (χ0v) is 15.5. The van der Waals surface area contributed by atoms with Crippen LogP contribution in [-0.2, 0) is 24.0 Å². The van der Waals surface area contributed by atoms with E-state index in [1.165, 1.54) is 12.1 Å². The van der Waals surface area contributed by atoms with E-state index in [0.717, 1.165) is 29.9 Å². The summed E-state index contributed by atoms with van der Waals surface area (Å²) in [5.74, 6) is 0.254. The smallest absolute Gasteiger partial charge is 0.416 e. The molecule has 2 heterocycles. The SMILES string of the molecule is O=C(O)C1CN(C2COc3cc(OCc4ccc(C(F)(F)F)cc4)ccc3C2)C1. The molecule has 2 aromatic carbocycles. The normalized spacial score (nSPS) is 19.8. The molecule has 0 radical (unpaired) electrons. The standard InChI is InChI=1S/C21H20F3NO4/c22-21(23,24)16-4-1-13(2-5-16)11-28-18-6-3-14-7-17(12-29-19(14)8-18)25-9-15(10-25)20(26)27/h1-6,8,15,17H,7,9-12H2,(H,26,27). The molecule has 2 aromatic rings. The molecule has 0 saturated carbocycles. The Morgan fingerprint density at radius 2 is 1.90 bits per heavy atom. The third-order valence-electron chi connectivity index (χ3n) is 5.39. The van der Waals surface area contributed by atoms with Crippen LogP contribution in [-0.4, -0.2) is 41.7 Å². The lowest BCUT2D eigenvalue weighted by molar-refractivity contribution is -0.149. The maximum absolute atomic E-state index is 12.6. The second-order valence-corrected chi connectivity index (χ2v) is 7.41. The Hall–Kier alpha value is -2.74. The van der Waals surface area contributed by atoms with Crippen molar-refractivity contribution < 1.29 is 32.5 Å². The van der Waals surface area contributed by atoms with Gasteiger partial charge in [-0.25, -0.2) is 0 Å². The first-order chi connectivity index (χ1) is 13.8. The maximum atomic E-state index is 12.6. The van der Waals surface area contributed by atoms with E-state index in [1.807, 2.05) is 12.1 Å². The van der Waals surface area contributed by atoms with Gasteiger partial charge in [-0.3, -0.25) is 9.69 Å². The van der Waals surface area contributed by atoms with Crippen LogP contribution in [0.3, 0.4) is 0 Å². The third kappa shape index (κ3) is 4.32. The number of hydrogen-bond donors (Lipinski definition) is 1. The van der Waals surface area contributed by atoms with E-state index in [0.29, 0.717) is 31.0 Å². The number of alkyl halides is 3. The topological polar surface area (TPSA) is 59.0 Å². The van der Waals surface area contributed by atoms with Crippen molar-refractivity contribution in [1.82, 2.24) is 4.90 Å². The first-order valence-corrected chi connectivity index (χ1v) is 9.31. The van der Waals surface area contributed by atoms with Crippen LogP contribution in [0.25, 0.3) is 0 Å². The summed E-state index contributed by atoms with van der Waals surface area (Å²) in [6.07, 6.45) is -3.57. The van der Waals surface area contributed by atoms with Crippen LogP contribution in [0.5, 0.6) is 11.5 Å². The lowest BCUT2D eigenvalue weighted by Crippen LogP contribution is -2.57. The van der Waals surface area contributed by atoms with Gasteiger partial charge >= 0.3 is 12.1 Å². The highest BCUT2D eigenvalue weighted by molar-refractivity contribution is 5.71. The molecular formula is C21H20F3NO4.